The molecule has 0 unspecified atom stereocenters. The van der Waals surface area contributed by atoms with Crippen molar-refractivity contribution in [2.24, 2.45) is 0 Å². The second-order valence-corrected chi connectivity index (χ2v) is 8.49. The molecule has 0 saturated heterocycles. The maximum absolute atomic E-state index is 14.2. The van der Waals surface area contributed by atoms with Gasteiger partial charge in [0.15, 0.2) is 0 Å². The number of rotatable bonds is 7. The molecule has 34 heavy (non-hydrogen) atoms. The molecule has 0 bridgehead atoms. The number of aryl methyl sites for hydroxylation is 1. The van der Waals surface area contributed by atoms with E-state index in [-0.39, 0.29) is 11.6 Å². The molecule has 3 N–H and O–H groups in total. The summed E-state index contributed by atoms with van der Waals surface area (Å²) < 4.78 is 20.3. The molecule has 0 fully saturated rings. The molecule has 0 aliphatic carbocycles. The molecule has 0 saturated carbocycles. The first kappa shape index (κ1) is 23.7. The number of amides is 1. The molecule has 0 spiro atoms. The highest BCUT2D eigenvalue weighted by atomic mass is 35.5. The molecular formula is C25H24ClFN4O3. The van der Waals surface area contributed by atoms with Gasteiger partial charge in [-0.1, -0.05) is 23.7 Å². The van der Waals surface area contributed by atoms with Crippen LogP contribution in [0, 0.1) is 12.7 Å². The summed E-state index contributed by atoms with van der Waals surface area (Å²) in [4.78, 5) is 16.6. The second kappa shape index (κ2) is 9.79. The van der Waals surface area contributed by atoms with Crippen LogP contribution < -0.4 is 10.1 Å². The number of hydrogen-bond acceptors (Lipinski definition) is 5. The minimum absolute atomic E-state index is 0.0253. The lowest BCUT2D eigenvalue weighted by atomic mass is 10.0. The van der Waals surface area contributed by atoms with Crippen LogP contribution in [0.1, 0.15) is 36.7 Å². The Balaban J connectivity index is 1.69. The summed E-state index contributed by atoms with van der Waals surface area (Å²) in [6, 6.07) is 11.4. The molecule has 7 nitrogen and oxygen atoms in total. The van der Waals surface area contributed by atoms with Crippen molar-refractivity contribution in [2.45, 2.75) is 39.5 Å². The summed E-state index contributed by atoms with van der Waals surface area (Å²) in [7, 11) is 0. The first-order chi connectivity index (χ1) is 16.2. The average molecular weight is 483 g/mol. The predicted octanol–water partition coefficient (Wildman–Crippen LogP) is 4.86. The lowest BCUT2D eigenvalue weighted by molar-refractivity contribution is -0.129. The highest BCUT2D eigenvalue weighted by Gasteiger charge is 2.20. The fraction of sp³-hybridized carbons (Fsp3) is 0.240. The van der Waals surface area contributed by atoms with Gasteiger partial charge in [0.25, 0.3) is 0 Å². The molecule has 4 aromatic rings. The van der Waals surface area contributed by atoms with Crippen molar-refractivity contribution in [2.75, 3.05) is 0 Å². The second-order valence-electron chi connectivity index (χ2n) is 8.08. The van der Waals surface area contributed by atoms with Crippen molar-refractivity contribution in [1.29, 1.82) is 0 Å². The largest absolute Gasteiger partial charge is 0.487 e. The van der Waals surface area contributed by atoms with Crippen LogP contribution in [0.25, 0.3) is 22.2 Å². The number of hydrogen-bond donors (Lipinski definition) is 3. The van der Waals surface area contributed by atoms with E-state index in [2.05, 4.69) is 20.5 Å². The number of aromatic amines is 1. The highest BCUT2D eigenvalue weighted by molar-refractivity contribution is 6.31. The summed E-state index contributed by atoms with van der Waals surface area (Å²) in [5.41, 5.74) is 4.27. The van der Waals surface area contributed by atoms with Crippen LogP contribution in [0.2, 0.25) is 5.02 Å². The lowest BCUT2D eigenvalue weighted by Crippen LogP contribution is -2.34. The normalized spacial score (nSPS) is 13.0. The molecule has 2 heterocycles. The summed E-state index contributed by atoms with van der Waals surface area (Å²) in [6.07, 6.45) is 0.493. The number of ether oxygens (including phenoxy) is 1. The van der Waals surface area contributed by atoms with Gasteiger partial charge in [-0.15, -0.1) is 0 Å². The molecule has 176 valence electrons. The van der Waals surface area contributed by atoms with E-state index in [1.807, 2.05) is 31.2 Å². The molecule has 4 rings (SSSR count). The van der Waals surface area contributed by atoms with Gasteiger partial charge in [-0.2, -0.15) is 5.10 Å². The van der Waals surface area contributed by atoms with Gasteiger partial charge < -0.3 is 15.2 Å². The zero-order valence-corrected chi connectivity index (χ0v) is 19.7. The Morgan fingerprint density at radius 3 is 2.76 bits per heavy atom. The maximum Gasteiger partial charge on any atom is 0.249 e. The number of para-hydroxylation sites is 1. The number of fused-ring (bicyclic) bond motifs is 1. The van der Waals surface area contributed by atoms with E-state index in [0.717, 1.165) is 22.3 Å². The van der Waals surface area contributed by atoms with Crippen molar-refractivity contribution >= 4 is 28.4 Å². The van der Waals surface area contributed by atoms with Gasteiger partial charge in [0.05, 0.1) is 16.8 Å². The van der Waals surface area contributed by atoms with Crippen LogP contribution in [-0.2, 0) is 11.4 Å². The van der Waals surface area contributed by atoms with Crippen molar-refractivity contribution in [1.82, 2.24) is 20.5 Å². The van der Waals surface area contributed by atoms with Gasteiger partial charge in [-0.05, 0) is 56.7 Å². The van der Waals surface area contributed by atoms with E-state index in [0.29, 0.717) is 22.4 Å². The van der Waals surface area contributed by atoms with E-state index in [9.17, 15) is 14.3 Å². The number of H-pyrrole nitrogens is 1. The number of aliphatic hydroxyl groups is 1. The van der Waals surface area contributed by atoms with Gasteiger partial charge in [0.2, 0.25) is 5.91 Å². The minimum Gasteiger partial charge on any atom is -0.487 e. The van der Waals surface area contributed by atoms with Crippen LogP contribution in [0.3, 0.4) is 0 Å². The van der Waals surface area contributed by atoms with Gasteiger partial charge >= 0.3 is 0 Å². The van der Waals surface area contributed by atoms with E-state index in [4.69, 9.17) is 16.3 Å². The number of halogens is 2. The summed E-state index contributed by atoms with van der Waals surface area (Å²) in [6.45, 7) is 4.97. The number of carbonyl (C=O) groups is 1. The number of nitrogens with zero attached hydrogens (tertiary/aromatic N) is 2. The predicted molar refractivity (Wildman–Crippen MR) is 128 cm³/mol. The molecule has 0 aliphatic heterocycles. The molecule has 2 atom stereocenters. The number of aliphatic hydroxyl groups excluding tert-OH is 1. The number of nitrogens with one attached hydrogen (secondary N) is 2. The number of carbonyl (C=O) groups excluding carboxylic acids is 1. The van der Waals surface area contributed by atoms with Crippen molar-refractivity contribution < 1.29 is 19.0 Å². The number of pyridine rings is 1. The van der Waals surface area contributed by atoms with E-state index in [1.165, 1.54) is 19.1 Å². The van der Waals surface area contributed by atoms with Crippen LogP contribution in [-0.4, -0.2) is 32.3 Å². The standard InChI is InChI=1S/C25H24ClFN4O3/c1-13-9-19(22-7-8-28-31-22)17-5-4-6-23(24(17)29-13)34-12-20-18(10-16(27)11-21(20)26)14(2)30-25(33)15(3)32/h4-11,14-15,32H,12H2,1-3H3,(H,28,31)(H,30,33)/t14-,15+/m0/s1. The molecule has 0 aliphatic rings. The van der Waals surface area contributed by atoms with Crippen molar-refractivity contribution in [3.8, 4) is 17.0 Å². The molecule has 9 heteroatoms. The Morgan fingerprint density at radius 2 is 2.06 bits per heavy atom. The van der Waals surface area contributed by atoms with Gasteiger partial charge in [0.1, 0.15) is 29.8 Å². The zero-order chi connectivity index (χ0) is 24.4. The van der Waals surface area contributed by atoms with Gasteiger partial charge in [0, 0.05) is 28.4 Å². The molecule has 2 aromatic carbocycles. The van der Waals surface area contributed by atoms with E-state index < -0.39 is 23.9 Å². The summed E-state index contributed by atoms with van der Waals surface area (Å²) in [5.74, 6) is -0.567. The van der Waals surface area contributed by atoms with Crippen LogP contribution >= 0.6 is 11.6 Å². The Hall–Kier alpha value is -3.49. The Bertz CT molecular complexity index is 1340. The number of aromatic nitrogens is 3. The Labute approximate surface area is 200 Å². The fourth-order valence-electron chi connectivity index (χ4n) is 3.82. The topological polar surface area (TPSA) is 100 Å². The fourth-order valence-corrected chi connectivity index (χ4v) is 4.09. The molecular weight excluding hydrogens is 459 g/mol. The quantitative estimate of drug-likeness (QED) is 0.349. The first-order valence-corrected chi connectivity index (χ1v) is 11.1. The first-order valence-electron chi connectivity index (χ1n) is 10.7. The Morgan fingerprint density at radius 1 is 1.26 bits per heavy atom. The minimum atomic E-state index is -1.19. The van der Waals surface area contributed by atoms with Crippen LogP contribution in [0.5, 0.6) is 5.75 Å². The smallest absolute Gasteiger partial charge is 0.249 e. The molecule has 0 radical (unpaired) electrons. The molecule has 2 aromatic heterocycles. The average Bonchev–Trinajstić information content (AvgIpc) is 3.32. The van der Waals surface area contributed by atoms with Gasteiger partial charge in [-0.3, -0.25) is 9.89 Å². The maximum atomic E-state index is 14.2. The lowest BCUT2D eigenvalue weighted by Gasteiger charge is -2.21. The van der Waals surface area contributed by atoms with Crippen molar-refractivity contribution in [3.05, 3.63) is 76.3 Å². The monoisotopic (exact) mass is 482 g/mol. The van der Waals surface area contributed by atoms with Crippen molar-refractivity contribution in [3.63, 3.8) is 0 Å². The van der Waals surface area contributed by atoms with Crippen LogP contribution in [0.4, 0.5) is 4.39 Å². The third-order valence-corrected chi connectivity index (χ3v) is 5.83. The van der Waals surface area contributed by atoms with E-state index in [1.54, 1.807) is 19.2 Å². The Kier molecular flexibility index (Phi) is 6.81. The third kappa shape index (κ3) is 4.88. The van der Waals surface area contributed by atoms with Crippen LogP contribution in [0.15, 0.2) is 48.7 Å². The SMILES string of the molecule is Cc1cc(-c2ccn[nH]2)c2cccc(OCc3c(Cl)cc(F)cc3[C@H](C)NC(=O)[C@@H](C)O)c2n1. The highest BCUT2D eigenvalue weighted by Crippen LogP contribution is 2.34. The third-order valence-electron chi connectivity index (χ3n) is 5.49. The number of benzene rings is 2. The molecule has 1 amide bonds. The summed E-state index contributed by atoms with van der Waals surface area (Å²) >= 11 is 6.37. The van der Waals surface area contributed by atoms with E-state index >= 15 is 0 Å². The zero-order valence-electron chi connectivity index (χ0n) is 18.9. The summed E-state index contributed by atoms with van der Waals surface area (Å²) in [5, 5.41) is 20.3. The van der Waals surface area contributed by atoms with Gasteiger partial charge in [-0.25, -0.2) is 9.37 Å².